The molecule has 0 radical (unpaired) electrons. The zero-order chi connectivity index (χ0) is 15.4. The second-order valence-corrected chi connectivity index (χ2v) is 6.41. The Kier molecular flexibility index (Phi) is 4.90. The number of rotatable bonds is 5. The third-order valence-corrected chi connectivity index (χ3v) is 4.53. The molecule has 0 unspecified atom stereocenters. The quantitative estimate of drug-likeness (QED) is 0.848. The lowest BCUT2D eigenvalue weighted by molar-refractivity contribution is 0.106. The summed E-state index contributed by atoms with van der Waals surface area (Å²) in [5.41, 5.74) is 2.57. The van der Waals surface area contributed by atoms with E-state index in [1.165, 1.54) is 24.9 Å². The molecule has 3 rings (SSSR count). The third kappa shape index (κ3) is 3.96. The van der Waals surface area contributed by atoms with Crippen molar-refractivity contribution in [2.45, 2.75) is 32.0 Å². The summed E-state index contributed by atoms with van der Waals surface area (Å²) in [5.74, 6) is 0. The van der Waals surface area contributed by atoms with Crippen molar-refractivity contribution in [2.24, 2.45) is 7.05 Å². The first kappa shape index (κ1) is 15.3. The van der Waals surface area contributed by atoms with Gasteiger partial charge in [-0.2, -0.15) is 5.10 Å². The maximum atomic E-state index is 4.49. The van der Waals surface area contributed by atoms with Gasteiger partial charge >= 0.3 is 0 Å². The van der Waals surface area contributed by atoms with E-state index in [9.17, 15) is 0 Å². The summed E-state index contributed by atoms with van der Waals surface area (Å²) >= 11 is 0. The molecule has 1 aromatic heterocycles. The molecule has 2 aromatic rings. The van der Waals surface area contributed by atoms with Crippen molar-refractivity contribution in [1.82, 2.24) is 19.6 Å². The summed E-state index contributed by atoms with van der Waals surface area (Å²) in [6, 6.07) is 13.5. The molecule has 4 nitrogen and oxygen atoms in total. The summed E-state index contributed by atoms with van der Waals surface area (Å²) in [6.45, 7) is 4.36. The number of piperidine rings is 1. The lowest BCUT2D eigenvalue weighted by Gasteiger charge is -2.37. The molecule has 0 spiro atoms. The third-order valence-electron chi connectivity index (χ3n) is 4.53. The second kappa shape index (κ2) is 7.07. The average Bonchev–Trinajstić information content (AvgIpc) is 2.93. The lowest BCUT2D eigenvalue weighted by Crippen LogP contribution is -2.45. The Morgan fingerprint density at radius 1 is 1.23 bits per heavy atom. The van der Waals surface area contributed by atoms with Gasteiger partial charge in [-0.25, -0.2) is 0 Å². The van der Waals surface area contributed by atoms with E-state index >= 15 is 0 Å². The van der Waals surface area contributed by atoms with Crippen LogP contribution in [-0.4, -0.2) is 45.8 Å². The van der Waals surface area contributed by atoms with Crippen LogP contribution in [0.15, 0.2) is 42.6 Å². The fourth-order valence-electron chi connectivity index (χ4n) is 3.31. The van der Waals surface area contributed by atoms with Crippen molar-refractivity contribution < 1.29 is 0 Å². The second-order valence-electron chi connectivity index (χ2n) is 6.41. The van der Waals surface area contributed by atoms with Gasteiger partial charge in [-0.15, -0.1) is 0 Å². The number of likely N-dealkylation sites (tertiary alicyclic amines) is 1. The molecule has 0 amide bonds. The fourth-order valence-corrected chi connectivity index (χ4v) is 3.31. The molecule has 22 heavy (non-hydrogen) atoms. The molecule has 118 valence electrons. The predicted molar refractivity (Wildman–Crippen MR) is 89.4 cm³/mol. The van der Waals surface area contributed by atoms with Crippen LogP contribution in [-0.2, 0) is 20.1 Å². The number of hydrogen-bond donors (Lipinski definition) is 0. The van der Waals surface area contributed by atoms with Crippen LogP contribution in [0.25, 0.3) is 0 Å². The topological polar surface area (TPSA) is 24.3 Å². The molecule has 2 heterocycles. The normalized spacial score (nSPS) is 19.7. The first-order valence-corrected chi connectivity index (χ1v) is 8.16. The number of aryl methyl sites for hydroxylation is 1. The molecule has 0 N–H and O–H groups in total. The van der Waals surface area contributed by atoms with Crippen LogP contribution >= 0.6 is 0 Å². The summed E-state index contributed by atoms with van der Waals surface area (Å²) in [7, 11) is 4.21. The highest BCUT2D eigenvalue weighted by Crippen LogP contribution is 2.18. The Hall–Kier alpha value is -1.65. The van der Waals surface area contributed by atoms with Crippen LogP contribution in [0.2, 0.25) is 0 Å². The van der Waals surface area contributed by atoms with E-state index in [0.29, 0.717) is 6.04 Å². The minimum Gasteiger partial charge on any atom is -0.298 e. The Morgan fingerprint density at radius 3 is 2.77 bits per heavy atom. The number of aromatic nitrogens is 2. The largest absolute Gasteiger partial charge is 0.298 e. The van der Waals surface area contributed by atoms with Crippen molar-refractivity contribution >= 4 is 0 Å². The first-order valence-electron chi connectivity index (χ1n) is 8.16. The zero-order valence-electron chi connectivity index (χ0n) is 13.7. The molecule has 1 fully saturated rings. The number of likely N-dealkylation sites (N-methyl/N-ethyl adjacent to an activating group) is 1. The fraction of sp³-hybridized carbons (Fsp3) is 0.500. The van der Waals surface area contributed by atoms with E-state index < -0.39 is 0 Å². The van der Waals surface area contributed by atoms with Crippen molar-refractivity contribution in [1.29, 1.82) is 0 Å². The molecule has 1 aliphatic rings. The maximum absolute atomic E-state index is 4.49. The highest BCUT2D eigenvalue weighted by Gasteiger charge is 2.23. The van der Waals surface area contributed by atoms with Crippen LogP contribution in [0.3, 0.4) is 0 Å². The van der Waals surface area contributed by atoms with Crippen LogP contribution < -0.4 is 0 Å². The molecule has 1 aromatic carbocycles. The van der Waals surface area contributed by atoms with E-state index in [0.717, 1.165) is 25.3 Å². The van der Waals surface area contributed by atoms with Crippen molar-refractivity contribution in [2.75, 3.05) is 20.1 Å². The minimum atomic E-state index is 0.625. The van der Waals surface area contributed by atoms with Gasteiger partial charge in [-0.3, -0.25) is 14.5 Å². The molecular weight excluding hydrogens is 272 g/mol. The average molecular weight is 298 g/mol. The minimum absolute atomic E-state index is 0.625. The van der Waals surface area contributed by atoms with Crippen molar-refractivity contribution in [3.63, 3.8) is 0 Å². The van der Waals surface area contributed by atoms with E-state index in [4.69, 9.17) is 0 Å². The smallest absolute Gasteiger partial charge is 0.0764 e. The van der Waals surface area contributed by atoms with Gasteiger partial charge in [0.05, 0.1) is 5.69 Å². The first-order chi connectivity index (χ1) is 10.7. The van der Waals surface area contributed by atoms with Crippen molar-refractivity contribution in [3.05, 3.63) is 53.9 Å². The molecular formula is C18H26N4. The molecule has 4 heteroatoms. The Morgan fingerprint density at radius 2 is 2.05 bits per heavy atom. The van der Waals surface area contributed by atoms with E-state index in [2.05, 4.69) is 58.3 Å². The molecule has 1 aliphatic heterocycles. The molecule has 1 atom stereocenters. The van der Waals surface area contributed by atoms with Crippen LogP contribution in [0.1, 0.15) is 24.1 Å². The van der Waals surface area contributed by atoms with Crippen molar-refractivity contribution in [3.8, 4) is 0 Å². The van der Waals surface area contributed by atoms with Crippen LogP contribution in [0.5, 0.6) is 0 Å². The Labute approximate surface area is 133 Å². The summed E-state index contributed by atoms with van der Waals surface area (Å²) in [6.07, 6.45) is 4.59. The number of nitrogens with zero attached hydrogens (tertiary/aromatic N) is 4. The Bertz CT molecular complexity index is 578. The Balaban J connectivity index is 1.55. The van der Waals surface area contributed by atoms with Gasteiger partial charge in [-0.1, -0.05) is 30.3 Å². The van der Waals surface area contributed by atoms with E-state index in [1.807, 2.05) is 17.9 Å². The molecule has 0 aliphatic carbocycles. The maximum Gasteiger partial charge on any atom is 0.0764 e. The molecule has 1 saturated heterocycles. The monoisotopic (exact) mass is 298 g/mol. The molecule has 0 saturated carbocycles. The van der Waals surface area contributed by atoms with E-state index in [1.54, 1.807) is 0 Å². The van der Waals surface area contributed by atoms with Crippen LogP contribution in [0, 0.1) is 0 Å². The lowest BCUT2D eigenvalue weighted by atomic mass is 10.0. The summed E-state index contributed by atoms with van der Waals surface area (Å²) in [4.78, 5) is 5.04. The van der Waals surface area contributed by atoms with Crippen LogP contribution in [0.4, 0.5) is 0 Å². The molecule has 0 bridgehead atoms. The summed E-state index contributed by atoms with van der Waals surface area (Å²) < 4.78 is 1.88. The van der Waals surface area contributed by atoms with Gasteiger partial charge in [0, 0.05) is 38.9 Å². The zero-order valence-corrected chi connectivity index (χ0v) is 13.7. The predicted octanol–water partition coefficient (Wildman–Crippen LogP) is 2.52. The van der Waals surface area contributed by atoms with E-state index in [-0.39, 0.29) is 0 Å². The van der Waals surface area contributed by atoms with Gasteiger partial charge in [0.15, 0.2) is 0 Å². The highest BCUT2D eigenvalue weighted by atomic mass is 15.3. The summed E-state index contributed by atoms with van der Waals surface area (Å²) in [5, 5.41) is 4.49. The van der Waals surface area contributed by atoms with Gasteiger partial charge in [0.2, 0.25) is 0 Å². The van der Waals surface area contributed by atoms with Gasteiger partial charge < -0.3 is 0 Å². The number of benzene rings is 1. The highest BCUT2D eigenvalue weighted by molar-refractivity contribution is 5.14. The number of hydrogen-bond acceptors (Lipinski definition) is 3. The van der Waals surface area contributed by atoms with Gasteiger partial charge in [0.25, 0.3) is 0 Å². The standard InChI is InChI=1S/C18H26N4/c1-20(14-17-10-12-21(2)19-17)18-9-6-11-22(15-18)13-16-7-4-3-5-8-16/h3-5,7-8,10,12,18H,6,9,11,13-15H2,1-2H3/t18-/m1/s1. The van der Waals surface area contributed by atoms with Gasteiger partial charge in [0.1, 0.15) is 0 Å². The SMILES string of the molecule is CN(Cc1ccn(C)n1)[C@@H]1CCCN(Cc2ccccc2)C1. The van der Waals surface area contributed by atoms with Gasteiger partial charge in [-0.05, 0) is 38.1 Å².